The predicted molar refractivity (Wildman–Crippen MR) is 94.5 cm³/mol. The Balaban J connectivity index is 1.49. The normalized spacial score (nSPS) is 19.6. The molecule has 7 heteroatoms. The Kier molecular flexibility index (Phi) is 4.53. The topological polar surface area (TPSA) is 93.0 Å². The summed E-state index contributed by atoms with van der Waals surface area (Å²) in [7, 11) is 0. The van der Waals surface area contributed by atoms with Gasteiger partial charge in [0.05, 0.1) is 30.5 Å². The molecule has 134 valence electrons. The van der Waals surface area contributed by atoms with Gasteiger partial charge in [-0.2, -0.15) is 0 Å². The number of carbonyl (C=O) groups is 1. The van der Waals surface area contributed by atoms with E-state index in [-0.39, 0.29) is 17.9 Å². The number of imidazole rings is 1. The number of aromatic nitrogens is 3. The summed E-state index contributed by atoms with van der Waals surface area (Å²) in [4.78, 5) is 20.2. The minimum atomic E-state index is -0.133. The summed E-state index contributed by atoms with van der Waals surface area (Å²) in [5, 5.41) is 7.03. The van der Waals surface area contributed by atoms with Gasteiger partial charge >= 0.3 is 0 Å². The molecule has 7 nitrogen and oxygen atoms in total. The van der Waals surface area contributed by atoms with Crippen molar-refractivity contribution in [1.82, 2.24) is 20.4 Å². The average Bonchev–Trinajstić information content (AvgIpc) is 3.39. The Bertz CT molecular complexity index is 888. The predicted octanol–water partition coefficient (Wildman–Crippen LogP) is 2.36. The fraction of sp³-hybridized carbons (Fsp3) is 0.316. The zero-order chi connectivity index (χ0) is 17.9. The number of nitrogens with zero attached hydrogens (tertiary/aromatic N) is 2. The second kappa shape index (κ2) is 7.13. The summed E-state index contributed by atoms with van der Waals surface area (Å²) in [6.45, 7) is 2.97. The number of rotatable bonds is 5. The van der Waals surface area contributed by atoms with Crippen molar-refractivity contribution in [2.75, 3.05) is 13.2 Å². The highest BCUT2D eigenvalue weighted by Crippen LogP contribution is 2.23. The Morgan fingerprint density at radius 1 is 1.35 bits per heavy atom. The molecule has 1 aromatic carbocycles. The standard InChI is InChI=1S/C19H20N4O3/c1-12-8-14(26-23-12)9-13-10-25-11-17(13)22-19(24)16-5-3-2-4-15(16)18-20-6-7-21-18/h2-8,13,17H,9-11H2,1H3,(H,20,21)(H,22,24)/t13-,17+/m1/s1. The van der Waals surface area contributed by atoms with Crippen LogP contribution in [0.5, 0.6) is 0 Å². The van der Waals surface area contributed by atoms with Crippen LogP contribution in [0.15, 0.2) is 47.2 Å². The van der Waals surface area contributed by atoms with Crippen LogP contribution < -0.4 is 5.32 Å². The fourth-order valence-electron chi connectivity index (χ4n) is 3.28. The van der Waals surface area contributed by atoms with Crippen molar-refractivity contribution < 1.29 is 14.1 Å². The van der Waals surface area contributed by atoms with Crippen LogP contribution in [0.1, 0.15) is 21.8 Å². The molecule has 0 radical (unpaired) electrons. The summed E-state index contributed by atoms with van der Waals surface area (Å²) in [5.74, 6) is 1.51. The lowest BCUT2D eigenvalue weighted by molar-refractivity contribution is 0.0925. The van der Waals surface area contributed by atoms with E-state index in [4.69, 9.17) is 9.26 Å². The Labute approximate surface area is 150 Å². The highest BCUT2D eigenvalue weighted by atomic mass is 16.5. The van der Waals surface area contributed by atoms with Gasteiger partial charge in [-0.15, -0.1) is 0 Å². The van der Waals surface area contributed by atoms with Gasteiger partial charge in [0, 0.05) is 36.4 Å². The average molecular weight is 352 g/mol. The van der Waals surface area contributed by atoms with E-state index in [0.29, 0.717) is 31.0 Å². The summed E-state index contributed by atoms with van der Waals surface area (Å²) < 4.78 is 10.9. The third-order valence-corrected chi connectivity index (χ3v) is 4.58. The number of ether oxygens (including phenoxy) is 1. The number of carbonyl (C=O) groups excluding carboxylic acids is 1. The van der Waals surface area contributed by atoms with E-state index < -0.39 is 0 Å². The van der Waals surface area contributed by atoms with Gasteiger partial charge in [-0.3, -0.25) is 4.79 Å². The van der Waals surface area contributed by atoms with E-state index in [9.17, 15) is 4.79 Å². The molecule has 0 saturated carbocycles. The van der Waals surface area contributed by atoms with Crippen LogP contribution in [-0.4, -0.2) is 40.3 Å². The van der Waals surface area contributed by atoms with Crippen LogP contribution in [0.25, 0.3) is 11.4 Å². The molecule has 3 heterocycles. The second-order valence-electron chi connectivity index (χ2n) is 6.50. The molecule has 1 fully saturated rings. The number of aryl methyl sites for hydroxylation is 1. The van der Waals surface area contributed by atoms with Gasteiger partial charge in [-0.1, -0.05) is 23.4 Å². The first kappa shape index (κ1) is 16.5. The molecule has 0 bridgehead atoms. The third-order valence-electron chi connectivity index (χ3n) is 4.58. The molecule has 0 aliphatic carbocycles. The molecule has 2 atom stereocenters. The molecule has 2 aromatic heterocycles. The van der Waals surface area contributed by atoms with Crippen LogP contribution in [-0.2, 0) is 11.2 Å². The monoisotopic (exact) mass is 352 g/mol. The molecule has 1 amide bonds. The number of amides is 1. The second-order valence-corrected chi connectivity index (χ2v) is 6.50. The molecule has 3 aromatic rings. The molecular formula is C19H20N4O3. The van der Waals surface area contributed by atoms with Crippen LogP contribution in [0.4, 0.5) is 0 Å². The Morgan fingerprint density at radius 3 is 3.00 bits per heavy atom. The Morgan fingerprint density at radius 2 is 2.23 bits per heavy atom. The maximum atomic E-state index is 12.9. The van der Waals surface area contributed by atoms with Gasteiger partial charge in [0.2, 0.25) is 0 Å². The van der Waals surface area contributed by atoms with Crippen LogP contribution in [0.2, 0.25) is 0 Å². The van der Waals surface area contributed by atoms with E-state index in [1.807, 2.05) is 31.2 Å². The third kappa shape index (κ3) is 3.39. The first-order valence-corrected chi connectivity index (χ1v) is 8.60. The summed E-state index contributed by atoms with van der Waals surface area (Å²) >= 11 is 0. The minimum absolute atomic E-state index is 0.0717. The maximum Gasteiger partial charge on any atom is 0.252 e. The molecule has 1 saturated heterocycles. The Hall–Kier alpha value is -2.93. The molecule has 4 rings (SSSR count). The maximum absolute atomic E-state index is 12.9. The summed E-state index contributed by atoms with van der Waals surface area (Å²) in [5.41, 5.74) is 2.21. The van der Waals surface area contributed by atoms with Gasteiger partial charge in [0.1, 0.15) is 11.6 Å². The van der Waals surface area contributed by atoms with E-state index in [0.717, 1.165) is 17.0 Å². The molecule has 1 aliphatic heterocycles. The van der Waals surface area contributed by atoms with Crippen LogP contribution in [0.3, 0.4) is 0 Å². The van der Waals surface area contributed by atoms with Crippen molar-refractivity contribution in [2.45, 2.75) is 19.4 Å². The van der Waals surface area contributed by atoms with Crippen molar-refractivity contribution in [1.29, 1.82) is 0 Å². The lowest BCUT2D eigenvalue weighted by Gasteiger charge is -2.19. The van der Waals surface area contributed by atoms with Crippen molar-refractivity contribution in [2.24, 2.45) is 5.92 Å². The van der Waals surface area contributed by atoms with Crippen LogP contribution in [0, 0.1) is 12.8 Å². The smallest absolute Gasteiger partial charge is 0.252 e. The zero-order valence-electron chi connectivity index (χ0n) is 14.4. The van der Waals surface area contributed by atoms with E-state index in [1.165, 1.54) is 0 Å². The molecule has 0 spiro atoms. The van der Waals surface area contributed by atoms with Gasteiger partial charge in [-0.05, 0) is 13.0 Å². The molecule has 0 unspecified atom stereocenters. The number of H-pyrrole nitrogens is 1. The quantitative estimate of drug-likeness (QED) is 0.735. The van der Waals surface area contributed by atoms with E-state index >= 15 is 0 Å². The van der Waals surface area contributed by atoms with Gasteiger partial charge in [0.15, 0.2) is 0 Å². The lowest BCUT2D eigenvalue weighted by atomic mass is 9.97. The van der Waals surface area contributed by atoms with E-state index in [2.05, 4.69) is 20.4 Å². The molecule has 2 N–H and O–H groups in total. The van der Waals surface area contributed by atoms with Crippen molar-refractivity contribution in [3.8, 4) is 11.4 Å². The van der Waals surface area contributed by atoms with E-state index in [1.54, 1.807) is 18.5 Å². The number of hydrogen-bond donors (Lipinski definition) is 2. The SMILES string of the molecule is Cc1cc(C[C@@H]2COC[C@@H]2NC(=O)c2ccccc2-c2ncc[nH]2)on1. The minimum Gasteiger partial charge on any atom is -0.379 e. The number of aromatic amines is 1. The fourth-order valence-corrected chi connectivity index (χ4v) is 3.28. The largest absolute Gasteiger partial charge is 0.379 e. The first-order valence-electron chi connectivity index (χ1n) is 8.60. The molecule has 26 heavy (non-hydrogen) atoms. The molecule has 1 aliphatic rings. The van der Waals surface area contributed by atoms with Crippen molar-refractivity contribution >= 4 is 5.91 Å². The van der Waals surface area contributed by atoms with Gasteiger partial charge in [-0.25, -0.2) is 4.98 Å². The number of hydrogen-bond acceptors (Lipinski definition) is 5. The zero-order valence-corrected chi connectivity index (χ0v) is 14.4. The summed E-state index contributed by atoms with van der Waals surface area (Å²) in [6.07, 6.45) is 4.10. The van der Waals surface area contributed by atoms with Gasteiger partial charge in [0.25, 0.3) is 5.91 Å². The first-order chi connectivity index (χ1) is 12.7. The molecular weight excluding hydrogens is 332 g/mol. The number of benzene rings is 1. The highest BCUT2D eigenvalue weighted by molar-refractivity contribution is 6.00. The van der Waals surface area contributed by atoms with Gasteiger partial charge < -0.3 is 19.6 Å². The van der Waals surface area contributed by atoms with Crippen molar-refractivity contribution in [3.05, 3.63) is 59.7 Å². The lowest BCUT2D eigenvalue weighted by Crippen LogP contribution is -2.40. The summed E-state index contributed by atoms with van der Waals surface area (Å²) in [6, 6.07) is 9.27. The highest BCUT2D eigenvalue weighted by Gasteiger charge is 2.31. The van der Waals surface area contributed by atoms with Crippen LogP contribution >= 0.6 is 0 Å². The van der Waals surface area contributed by atoms with Crippen molar-refractivity contribution in [3.63, 3.8) is 0 Å². The number of nitrogens with one attached hydrogen (secondary N) is 2.